The second kappa shape index (κ2) is 3.73. The highest BCUT2D eigenvalue weighted by Gasteiger charge is 2.07. The summed E-state index contributed by atoms with van der Waals surface area (Å²) in [4.78, 5) is 4.12. The second-order valence-corrected chi connectivity index (χ2v) is 3.23. The molecule has 1 N–H and O–H groups in total. The van der Waals surface area contributed by atoms with Gasteiger partial charge < -0.3 is 9.67 Å². The molecule has 2 rings (SSSR count). The SMILES string of the molecule is CCn1ccnc1-c1cc(O)cc(F)c1. The summed E-state index contributed by atoms with van der Waals surface area (Å²) in [6.45, 7) is 2.73. The molecule has 0 bridgehead atoms. The number of benzene rings is 1. The van der Waals surface area contributed by atoms with Gasteiger partial charge in [-0.2, -0.15) is 0 Å². The summed E-state index contributed by atoms with van der Waals surface area (Å²) in [6, 6.07) is 3.93. The Morgan fingerprint density at radius 1 is 1.40 bits per heavy atom. The predicted molar refractivity (Wildman–Crippen MR) is 55.0 cm³/mol. The molecule has 0 atom stereocenters. The molecule has 1 aromatic carbocycles. The molecule has 0 aliphatic carbocycles. The van der Waals surface area contributed by atoms with Gasteiger partial charge in [0, 0.05) is 30.6 Å². The molecule has 0 radical (unpaired) electrons. The zero-order chi connectivity index (χ0) is 10.8. The lowest BCUT2D eigenvalue weighted by Crippen LogP contribution is -1.96. The van der Waals surface area contributed by atoms with E-state index in [1.807, 2.05) is 17.7 Å². The minimum absolute atomic E-state index is 0.0874. The van der Waals surface area contributed by atoms with Crippen molar-refractivity contribution in [2.45, 2.75) is 13.5 Å². The van der Waals surface area contributed by atoms with Crippen LogP contribution in [0.15, 0.2) is 30.6 Å². The van der Waals surface area contributed by atoms with Gasteiger partial charge in [0.15, 0.2) is 0 Å². The molecule has 0 saturated carbocycles. The first kappa shape index (κ1) is 9.71. The maximum absolute atomic E-state index is 13.1. The van der Waals surface area contributed by atoms with Gasteiger partial charge in [-0.3, -0.25) is 0 Å². The smallest absolute Gasteiger partial charge is 0.140 e. The van der Waals surface area contributed by atoms with E-state index in [0.29, 0.717) is 11.4 Å². The molecule has 0 fully saturated rings. The largest absolute Gasteiger partial charge is 0.508 e. The van der Waals surface area contributed by atoms with E-state index in [-0.39, 0.29) is 5.75 Å². The van der Waals surface area contributed by atoms with E-state index < -0.39 is 5.82 Å². The Bertz CT molecular complexity index is 459. The number of aryl methyl sites for hydroxylation is 1. The maximum atomic E-state index is 13.1. The van der Waals surface area contributed by atoms with Crippen molar-refractivity contribution in [3.63, 3.8) is 0 Å². The Labute approximate surface area is 86.8 Å². The van der Waals surface area contributed by atoms with E-state index >= 15 is 0 Å². The standard InChI is InChI=1S/C11H11FN2O/c1-2-14-4-3-13-11(14)8-5-9(12)7-10(15)6-8/h3-7,15H,2H2,1H3. The zero-order valence-electron chi connectivity index (χ0n) is 8.31. The van der Waals surface area contributed by atoms with Gasteiger partial charge in [0.25, 0.3) is 0 Å². The highest BCUT2D eigenvalue weighted by molar-refractivity contribution is 5.58. The maximum Gasteiger partial charge on any atom is 0.140 e. The molecule has 2 aromatic rings. The van der Waals surface area contributed by atoms with Crippen LogP contribution in [0.2, 0.25) is 0 Å². The molecule has 1 aromatic heterocycles. The first-order valence-electron chi connectivity index (χ1n) is 4.71. The highest BCUT2D eigenvalue weighted by Crippen LogP contribution is 2.23. The molecule has 0 spiro atoms. The van der Waals surface area contributed by atoms with Crippen molar-refractivity contribution >= 4 is 0 Å². The summed E-state index contributed by atoms with van der Waals surface area (Å²) >= 11 is 0. The van der Waals surface area contributed by atoms with Gasteiger partial charge in [0.05, 0.1) is 0 Å². The van der Waals surface area contributed by atoms with E-state index in [0.717, 1.165) is 12.6 Å². The molecule has 15 heavy (non-hydrogen) atoms. The fraction of sp³-hybridized carbons (Fsp3) is 0.182. The average molecular weight is 206 g/mol. The highest BCUT2D eigenvalue weighted by atomic mass is 19.1. The van der Waals surface area contributed by atoms with E-state index in [4.69, 9.17) is 0 Å². The van der Waals surface area contributed by atoms with Crippen LogP contribution in [0.1, 0.15) is 6.92 Å². The van der Waals surface area contributed by atoms with Crippen molar-refractivity contribution in [2.24, 2.45) is 0 Å². The minimum atomic E-state index is -0.462. The van der Waals surface area contributed by atoms with Crippen LogP contribution in [-0.2, 0) is 6.54 Å². The number of hydrogen-bond acceptors (Lipinski definition) is 2. The topological polar surface area (TPSA) is 38.0 Å². The van der Waals surface area contributed by atoms with Crippen LogP contribution in [-0.4, -0.2) is 14.7 Å². The van der Waals surface area contributed by atoms with Crippen LogP contribution in [0.3, 0.4) is 0 Å². The number of imidazole rings is 1. The van der Waals surface area contributed by atoms with Crippen molar-refractivity contribution in [3.8, 4) is 17.1 Å². The number of hydrogen-bond donors (Lipinski definition) is 1. The van der Waals surface area contributed by atoms with E-state index in [1.165, 1.54) is 12.1 Å². The third-order valence-electron chi connectivity index (χ3n) is 2.20. The van der Waals surface area contributed by atoms with Crippen LogP contribution in [0.25, 0.3) is 11.4 Å². The van der Waals surface area contributed by atoms with Crippen molar-refractivity contribution in [2.75, 3.05) is 0 Å². The van der Waals surface area contributed by atoms with E-state index in [1.54, 1.807) is 6.20 Å². The van der Waals surface area contributed by atoms with Gasteiger partial charge in [-0.25, -0.2) is 9.37 Å². The average Bonchev–Trinajstić information content (AvgIpc) is 2.63. The molecule has 1 heterocycles. The number of nitrogens with zero attached hydrogens (tertiary/aromatic N) is 2. The normalized spacial score (nSPS) is 10.5. The molecular formula is C11H11FN2O. The van der Waals surface area contributed by atoms with Gasteiger partial charge in [0.2, 0.25) is 0 Å². The quantitative estimate of drug-likeness (QED) is 0.819. The Balaban J connectivity index is 2.53. The van der Waals surface area contributed by atoms with Gasteiger partial charge in [-0.15, -0.1) is 0 Å². The molecular weight excluding hydrogens is 195 g/mol. The van der Waals surface area contributed by atoms with Crippen LogP contribution in [0, 0.1) is 5.82 Å². The van der Waals surface area contributed by atoms with Crippen LogP contribution < -0.4 is 0 Å². The van der Waals surface area contributed by atoms with E-state index in [9.17, 15) is 9.50 Å². The number of aromatic nitrogens is 2. The van der Waals surface area contributed by atoms with Crippen LogP contribution >= 0.6 is 0 Å². The molecule has 0 unspecified atom stereocenters. The Kier molecular flexibility index (Phi) is 2.41. The first-order valence-corrected chi connectivity index (χ1v) is 4.71. The number of halogens is 1. The molecule has 78 valence electrons. The van der Waals surface area contributed by atoms with E-state index in [2.05, 4.69) is 4.98 Å². The van der Waals surface area contributed by atoms with Gasteiger partial charge in [0.1, 0.15) is 17.4 Å². The van der Waals surface area contributed by atoms with Crippen LogP contribution in [0.5, 0.6) is 5.75 Å². The number of rotatable bonds is 2. The molecule has 0 amide bonds. The Morgan fingerprint density at radius 2 is 2.20 bits per heavy atom. The minimum Gasteiger partial charge on any atom is -0.508 e. The zero-order valence-corrected chi connectivity index (χ0v) is 8.31. The van der Waals surface area contributed by atoms with Gasteiger partial charge >= 0.3 is 0 Å². The Hall–Kier alpha value is -1.84. The fourth-order valence-corrected chi connectivity index (χ4v) is 1.53. The number of phenols is 1. The summed E-state index contributed by atoms with van der Waals surface area (Å²) in [5.41, 5.74) is 0.583. The van der Waals surface area contributed by atoms with Crippen LogP contribution in [0.4, 0.5) is 4.39 Å². The lowest BCUT2D eigenvalue weighted by Gasteiger charge is -2.05. The second-order valence-electron chi connectivity index (χ2n) is 3.23. The fourth-order valence-electron chi connectivity index (χ4n) is 1.53. The van der Waals surface area contributed by atoms with Crippen molar-refractivity contribution in [1.29, 1.82) is 0 Å². The third kappa shape index (κ3) is 1.83. The van der Waals surface area contributed by atoms with Crippen molar-refractivity contribution in [1.82, 2.24) is 9.55 Å². The summed E-state index contributed by atoms with van der Waals surface area (Å²) in [5.74, 6) is 0.110. The monoisotopic (exact) mass is 206 g/mol. The molecule has 0 aliphatic rings. The van der Waals surface area contributed by atoms with Crippen molar-refractivity contribution in [3.05, 3.63) is 36.4 Å². The van der Waals surface area contributed by atoms with Gasteiger partial charge in [-0.1, -0.05) is 0 Å². The molecule has 0 saturated heterocycles. The Morgan fingerprint density at radius 3 is 2.87 bits per heavy atom. The third-order valence-corrected chi connectivity index (χ3v) is 2.20. The molecule has 3 nitrogen and oxygen atoms in total. The molecule has 0 aliphatic heterocycles. The number of phenolic OH excluding ortho intramolecular Hbond substituents is 1. The first-order chi connectivity index (χ1) is 7.20. The lowest BCUT2D eigenvalue weighted by atomic mass is 10.2. The van der Waals surface area contributed by atoms with Gasteiger partial charge in [-0.05, 0) is 19.1 Å². The lowest BCUT2D eigenvalue weighted by molar-refractivity contribution is 0.469. The predicted octanol–water partition coefficient (Wildman–Crippen LogP) is 2.41. The molecule has 4 heteroatoms. The summed E-state index contributed by atoms with van der Waals surface area (Å²) in [6.07, 6.45) is 3.47. The summed E-state index contributed by atoms with van der Waals surface area (Å²) in [5, 5.41) is 9.28. The van der Waals surface area contributed by atoms with Crippen molar-refractivity contribution < 1.29 is 9.50 Å². The summed E-state index contributed by atoms with van der Waals surface area (Å²) < 4.78 is 14.9. The summed E-state index contributed by atoms with van der Waals surface area (Å²) in [7, 11) is 0. The number of aromatic hydroxyl groups is 1.